The first-order chi connectivity index (χ1) is 19.2. The van der Waals surface area contributed by atoms with E-state index in [0.29, 0.717) is 30.0 Å². The number of piperazine rings is 1. The predicted molar refractivity (Wildman–Crippen MR) is 151 cm³/mol. The highest BCUT2D eigenvalue weighted by molar-refractivity contribution is 5.91. The third kappa shape index (κ3) is 5.05. The molecule has 2 N–H and O–H groups in total. The van der Waals surface area contributed by atoms with Crippen molar-refractivity contribution < 1.29 is 13.6 Å². The number of aromatic nitrogens is 4. The summed E-state index contributed by atoms with van der Waals surface area (Å²) in [4.78, 5) is 19.6. The van der Waals surface area contributed by atoms with Crippen LogP contribution < -0.4 is 10.6 Å². The second-order valence-corrected chi connectivity index (χ2v) is 10.4. The second-order valence-electron chi connectivity index (χ2n) is 10.4. The van der Waals surface area contributed by atoms with Crippen LogP contribution in [0.15, 0.2) is 73.3 Å². The van der Waals surface area contributed by atoms with Crippen LogP contribution >= 0.6 is 0 Å². The summed E-state index contributed by atoms with van der Waals surface area (Å²) < 4.78 is 32.2. The molecule has 10 heteroatoms. The maximum Gasteiger partial charge on any atom is 0.321 e. The Morgan fingerprint density at radius 1 is 0.975 bits per heavy atom. The summed E-state index contributed by atoms with van der Waals surface area (Å²) >= 11 is 0. The highest BCUT2D eigenvalue weighted by Gasteiger charge is 2.25. The van der Waals surface area contributed by atoms with Gasteiger partial charge in [-0.05, 0) is 67.4 Å². The van der Waals surface area contributed by atoms with Gasteiger partial charge in [-0.1, -0.05) is 6.07 Å². The Morgan fingerprint density at radius 2 is 1.77 bits per heavy atom. The van der Waals surface area contributed by atoms with Crippen LogP contribution in [0.25, 0.3) is 39.0 Å². The standard InChI is InChI=1S/C30H29F2N7O/c1-18-14-38(15-19(2)35-18)30(40)36-24-8-21(26-6-5-23(31)11-27(26)32)9-25(12-24)39-17-33-28-10-20(4-7-29(28)39)22-13-34-37(3)16-22/h4-13,16-19,35H,14-15H2,1-3H3,(H,36,40)/t18-,19+. The summed E-state index contributed by atoms with van der Waals surface area (Å²) in [6.07, 6.45) is 5.44. The Kier molecular flexibility index (Phi) is 6.55. The molecule has 0 radical (unpaired) electrons. The van der Waals surface area contributed by atoms with E-state index < -0.39 is 11.6 Å². The molecular weight excluding hydrogens is 512 g/mol. The van der Waals surface area contributed by atoms with Crippen molar-refractivity contribution in [3.63, 3.8) is 0 Å². The summed E-state index contributed by atoms with van der Waals surface area (Å²) in [7, 11) is 1.87. The van der Waals surface area contributed by atoms with Crippen molar-refractivity contribution in [3.05, 3.63) is 85.0 Å². The van der Waals surface area contributed by atoms with E-state index in [1.807, 2.05) is 55.9 Å². The van der Waals surface area contributed by atoms with Gasteiger partial charge in [0.15, 0.2) is 0 Å². The van der Waals surface area contributed by atoms with Crippen LogP contribution in [0.3, 0.4) is 0 Å². The number of carbonyl (C=O) groups is 1. The molecule has 2 atom stereocenters. The lowest BCUT2D eigenvalue weighted by molar-refractivity contribution is 0.176. The van der Waals surface area contributed by atoms with Crippen LogP contribution in [0.1, 0.15) is 13.8 Å². The Hall–Kier alpha value is -4.57. The van der Waals surface area contributed by atoms with Gasteiger partial charge in [0.05, 0.1) is 17.2 Å². The van der Waals surface area contributed by atoms with Gasteiger partial charge in [0.25, 0.3) is 0 Å². The highest BCUT2D eigenvalue weighted by Crippen LogP contribution is 2.32. The third-order valence-electron chi connectivity index (χ3n) is 7.12. The first-order valence-electron chi connectivity index (χ1n) is 13.1. The van der Waals surface area contributed by atoms with Crippen LogP contribution in [-0.4, -0.2) is 55.4 Å². The molecule has 0 spiro atoms. The fourth-order valence-corrected chi connectivity index (χ4v) is 5.36. The number of aryl methyl sites for hydroxylation is 1. The largest absolute Gasteiger partial charge is 0.321 e. The Morgan fingerprint density at radius 3 is 2.50 bits per heavy atom. The fraction of sp³-hybridized carbons (Fsp3) is 0.233. The van der Waals surface area contributed by atoms with E-state index in [1.165, 1.54) is 12.1 Å². The molecule has 3 aromatic carbocycles. The zero-order chi connectivity index (χ0) is 28.0. The number of carbonyl (C=O) groups excluding carboxylic acids is 1. The minimum Gasteiger partial charge on any atom is -0.321 e. The quantitative estimate of drug-likeness (QED) is 0.311. The number of anilines is 1. The van der Waals surface area contributed by atoms with Gasteiger partial charge >= 0.3 is 6.03 Å². The Labute approximate surface area is 230 Å². The summed E-state index contributed by atoms with van der Waals surface area (Å²) in [5, 5.41) is 10.7. The van der Waals surface area contributed by atoms with Crippen molar-refractivity contribution in [2.75, 3.05) is 18.4 Å². The van der Waals surface area contributed by atoms with Gasteiger partial charge in [0.2, 0.25) is 0 Å². The number of fused-ring (bicyclic) bond motifs is 1. The number of hydrogen-bond donors (Lipinski definition) is 2. The maximum atomic E-state index is 14.9. The zero-order valence-corrected chi connectivity index (χ0v) is 22.4. The van der Waals surface area contributed by atoms with E-state index in [2.05, 4.69) is 20.7 Å². The van der Waals surface area contributed by atoms with Crippen LogP contribution in [0.5, 0.6) is 0 Å². The molecule has 8 nitrogen and oxygen atoms in total. The van der Waals surface area contributed by atoms with Gasteiger partial charge in [-0.15, -0.1) is 0 Å². The van der Waals surface area contributed by atoms with Crippen molar-refractivity contribution in [2.45, 2.75) is 25.9 Å². The summed E-state index contributed by atoms with van der Waals surface area (Å²) in [6, 6.07) is 14.9. The summed E-state index contributed by atoms with van der Waals surface area (Å²) in [5.74, 6) is -1.34. The van der Waals surface area contributed by atoms with Crippen LogP contribution in [0.4, 0.5) is 19.3 Å². The average Bonchev–Trinajstić information content (AvgIpc) is 3.53. The number of halogens is 2. The van der Waals surface area contributed by atoms with Crippen molar-refractivity contribution >= 4 is 22.8 Å². The minimum atomic E-state index is -0.684. The number of benzene rings is 3. The summed E-state index contributed by atoms with van der Waals surface area (Å²) in [5.41, 5.74) is 5.48. The normalized spacial score (nSPS) is 17.4. The molecule has 0 saturated carbocycles. The number of imidazole rings is 1. The SMILES string of the molecule is C[C@@H]1CN(C(=O)Nc2cc(-c3ccc(F)cc3F)cc(-n3cnc4cc(-c5cnn(C)c5)ccc43)c2)C[C@H](C)N1. The maximum absolute atomic E-state index is 14.9. The molecule has 1 aliphatic rings. The molecule has 3 heterocycles. The third-order valence-corrected chi connectivity index (χ3v) is 7.12. The van der Waals surface area contributed by atoms with Crippen LogP contribution in [0, 0.1) is 11.6 Å². The number of nitrogens with zero attached hydrogens (tertiary/aromatic N) is 5. The number of nitrogens with one attached hydrogen (secondary N) is 2. The van der Waals surface area contributed by atoms with Gasteiger partial charge in [-0.25, -0.2) is 18.6 Å². The molecule has 2 amide bonds. The Balaban J connectivity index is 1.41. The molecule has 5 aromatic rings. The number of rotatable bonds is 4. The molecule has 204 valence electrons. The van der Waals surface area contributed by atoms with Gasteiger partial charge in [-0.2, -0.15) is 5.10 Å². The number of urea groups is 1. The van der Waals surface area contributed by atoms with E-state index in [-0.39, 0.29) is 23.7 Å². The monoisotopic (exact) mass is 541 g/mol. The van der Waals surface area contributed by atoms with Gasteiger partial charge in [0, 0.05) is 67.0 Å². The van der Waals surface area contributed by atoms with Crippen molar-refractivity contribution in [2.24, 2.45) is 7.05 Å². The smallest absolute Gasteiger partial charge is 0.321 e. The first-order valence-corrected chi connectivity index (χ1v) is 13.1. The zero-order valence-electron chi connectivity index (χ0n) is 22.4. The van der Waals surface area contributed by atoms with Gasteiger partial charge in [0.1, 0.15) is 18.0 Å². The molecule has 0 unspecified atom stereocenters. The van der Waals surface area contributed by atoms with Gasteiger partial charge < -0.3 is 15.5 Å². The van der Waals surface area contributed by atoms with Crippen LogP contribution in [-0.2, 0) is 7.05 Å². The van der Waals surface area contributed by atoms with Crippen molar-refractivity contribution in [1.82, 2.24) is 29.5 Å². The minimum absolute atomic E-state index is 0.165. The molecule has 1 saturated heterocycles. The summed E-state index contributed by atoms with van der Waals surface area (Å²) in [6.45, 7) is 5.22. The molecule has 1 fully saturated rings. The van der Waals surface area contributed by atoms with Gasteiger partial charge in [-0.3, -0.25) is 9.25 Å². The molecule has 0 aliphatic carbocycles. The second kappa shape index (κ2) is 10.2. The van der Waals surface area contributed by atoms with E-state index in [4.69, 9.17) is 0 Å². The van der Waals surface area contributed by atoms with Crippen molar-refractivity contribution in [1.29, 1.82) is 0 Å². The lowest BCUT2D eigenvalue weighted by Crippen LogP contribution is -2.56. The molecule has 2 aromatic heterocycles. The highest BCUT2D eigenvalue weighted by atomic mass is 19.1. The Bertz CT molecular complexity index is 1720. The average molecular weight is 542 g/mol. The van der Waals surface area contributed by atoms with Crippen LogP contribution in [0.2, 0.25) is 0 Å². The predicted octanol–water partition coefficient (Wildman–Crippen LogP) is 5.59. The first kappa shape index (κ1) is 25.7. The molecule has 1 aliphatic heterocycles. The lowest BCUT2D eigenvalue weighted by atomic mass is 10.0. The van der Waals surface area contributed by atoms with E-state index in [9.17, 15) is 13.6 Å². The fourth-order valence-electron chi connectivity index (χ4n) is 5.36. The molecule has 6 rings (SSSR count). The van der Waals surface area contributed by atoms with E-state index in [1.54, 1.807) is 34.2 Å². The number of amides is 2. The molecular formula is C30H29F2N7O. The number of hydrogen-bond acceptors (Lipinski definition) is 4. The molecule has 40 heavy (non-hydrogen) atoms. The molecule has 0 bridgehead atoms. The topological polar surface area (TPSA) is 80.0 Å². The lowest BCUT2D eigenvalue weighted by Gasteiger charge is -2.36. The van der Waals surface area contributed by atoms with E-state index >= 15 is 0 Å². The van der Waals surface area contributed by atoms with E-state index in [0.717, 1.165) is 28.2 Å². The van der Waals surface area contributed by atoms with Crippen molar-refractivity contribution in [3.8, 4) is 27.9 Å².